The zero-order valence-electron chi connectivity index (χ0n) is 14.3. The van der Waals surface area contributed by atoms with E-state index in [1.54, 1.807) is 30.4 Å². The van der Waals surface area contributed by atoms with E-state index in [4.69, 9.17) is 9.47 Å². The maximum Gasteiger partial charge on any atom is 0.279 e. The summed E-state index contributed by atoms with van der Waals surface area (Å²) in [5, 5.41) is 4.41. The molecule has 134 valence electrons. The van der Waals surface area contributed by atoms with Crippen molar-refractivity contribution in [1.82, 2.24) is 0 Å². The van der Waals surface area contributed by atoms with Crippen LogP contribution in [0.5, 0.6) is 11.5 Å². The van der Waals surface area contributed by atoms with Gasteiger partial charge in [0.2, 0.25) is 0 Å². The van der Waals surface area contributed by atoms with Crippen molar-refractivity contribution in [2.45, 2.75) is 13.0 Å². The molecule has 0 heterocycles. The van der Waals surface area contributed by atoms with Gasteiger partial charge >= 0.3 is 0 Å². The van der Waals surface area contributed by atoms with E-state index in [0.717, 1.165) is 6.07 Å². The summed E-state index contributed by atoms with van der Waals surface area (Å²) in [7, 11) is 3.04. The van der Waals surface area contributed by atoms with Crippen molar-refractivity contribution in [3.05, 3.63) is 53.6 Å². The van der Waals surface area contributed by atoms with Crippen LogP contribution in [-0.2, 0) is 4.79 Å². The molecule has 1 amide bonds. The summed E-state index contributed by atoms with van der Waals surface area (Å²) in [6.07, 6.45) is 0. The van der Waals surface area contributed by atoms with Crippen LogP contribution in [-0.4, -0.2) is 26.7 Å². The lowest BCUT2D eigenvalue weighted by Gasteiger charge is -2.13. The van der Waals surface area contributed by atoms with E-state index in [0.29, 0.717) is 22.7 Å². The van der Waals surface area contributed by atoms with Gasteiger partial charge in [0.1, 0.15) is 17.7 Å². The molecule has 3 N–H and O–H groups in total. The SMILES string of the molecule is COc1ccc(NC(=O)C[NH2+][C@H](C)c2ccc(F)cc2F)cc1OC. The highest BCUT2D eigenvalue weighted by molar-refractivity contribution is 5.91. The summed E-state index contributed by atoms with van der Waals surface area (Å²) in [6, 6.07) is 8.14. The summed E-state index contributed by atoms with van der Waals surface area (Å²) < 4.78 is 37.0. The van der Waals surface area contributed by atoms with Crippen LogP contribution in [0, 0.1) is 11.6 Å². The van der Waals surface area contributed by atoms with Crippen LogP contribution in [0.25, 0.3) is 0 Å². The molecule has 0 aliphatic rings. The molecule has 7 heteroatoms. The van der Waals surface area contributed by atoms with Crippen LogP contribution in [0.2, 0.25) is 0 Å². The predicted octanol–water partition coefficient (Wildman–Crippen LogP) is 2.25. The molecule has 2 rings (SSSR count). The number of anilines is 1. The minimum absolute atomic E-state index is 0.0896. The minimum Gasteiger partial charge on any atom is -0.493 e. The van der Waals surface area contributed by atoms with Crippen molar-refractivity contribution >= 4 is 11.6 Å². The predicted molar refractivity (Wildman–Crippen MR) is 89.7 cm³/mol. The number of benzene rings is 2. The molecular formula is C18H21F2N2O3+. The Bertz CT molecular complexity index is 753. The number of rotatable bonds is 7. The first-order chi connectivity index (χ1) is 11.9. The third-order valence-corrected chi connectivity index (χ3v) is 3.78. The molecule has 0 radical (unpaired) electrons. The Morgan fingerprint density at radius 3 is 2.48 bits per heavy atom. The second-order valence-electron chi connectivity index (χ2n) is 5.51. The molecular weight excluding hydrogens is 330 g/mol. The van der Waals surface area contributed by atoms with E-state index in [2.05, 4.69) is 5.32 Å². The van der Waals surface area contributed by atoms with E-state index >= 15 is 0 Å². The van der Waals surface area contributed by atoms with Crippen LogP contribution >= 0.6 is 0 Å². The minimum atomic E-state index is -0.625. The first kappa shape index (κ1) is 18.7. The normalized spacial score (nSPS) is 11.7. The molecule has 0 saturated carbocycles. The Morgan fingerprint density at radius 2 is 1.84 bits per heavy atom. The number of quaternary nitrogens is 1. The average molecular weight is 351 g/mol. The molecule has 0 saturated heterocycles. The Hall–Kier alpha value is -2.67. The van der Waals surface area contributed by atoms with Gasteiger partial charge < -0.3 is 20.1 Å². The number of ether oxygens (including phenoxy) is 2. The number of nitrogens with two attached hydrogens (primary N) is 1. The highest BCUT2D eigenvalue weighted by Crippen LogP contribution is 2.29. The fraction of sp³-hybridized carbons (Fsp3) is 0.278. The highest BCUT2D eigenvalue weighted by atomic mass is 19.1. The molecule has 0 spiro atoms. The van der Waals surface area contributed by atoms with Gasteiger partial charge in [-0.05, 0) is 31.2 Å². The molecule has 0 aliphatic carbocycles. The summed E-state index contributed by atoms with van der Waals surface area (Å²) in [5.41, 5.74) is 0.914. The van der Waals surface area contributed by atoms with Crippen molar-refractivity contribution in [3.63, 3.8) is 0 Å². The second-order valence-corrected chi connectivity index (χ2v) is 5.51. The Balaban J connectivity index is 1.94. The molecule has 5 nitrogen and oxygen atoms in total. The molecule has 2 aromatic rings. The van der Waals surface area contributed by atoms with Gasteiger partial charge in [-0.25, -0.2) is 8.78 Å². The molecule has 0 aromatic heterocycles. The fourth-order valence-electron chi connectivity index (χ4n) is 2.41. The van der Waals surface area contributed by atoms with Crippen LogP contribution < -0.4 is 20.1 Å². The largest absolute Gasteiger partial charge is 0.493 e. The molecule has 0 unspecified atom stereocenters. The van der Waals surface area contributed by atoms with Crippen LogP contribution in [0.4, 0.5) is 14.5 Å². The first-order valence-electron chi connectivity index (χ1n) is 7.74. The van der Waals surface area contributed by atoms with Crippen LogP contribution in [0.1, 0.15) is 18.5 Å². The number of nitrogens with one attached hydrogen (secondary N) is 1. The maximum atomic E-state index is 13.7. The Morgan fingerprint density at radius 1 is 1.12 bits per heavy atom. The van der Waals surface area contributed by atoms with Gasteiger partial charge in [0.25, 0.3) is 5.91 Å². The fourth-order valence-corrected chi connectivity index (χ4v) is 2.41. The molecule has 0 aliphatic heterocycles. The second kappa shape index (κ2) is 8.43. The van der Waals surface area contributed by atoms with Crippen LogP contribution in [0.3, 0.4) is 0 Å². The van der Waals surface area contributed by atoms with Gasteiger partial charge in [0, 0.05) is 23.4 Å². The van der Waals surface area contributed by atoms with E-state index < -0.39 is 11.6 Å². The van der Waals surface area contributed by atoms with E-state index in [1.165, 1.54) is 26.4 Å². The molecule has 1 atom stereocenters. The van der Waals surface area contributed by atoms with Gasteiger partial charge in [0.05, 0.1) is 14.2 Å². The number of halogens is 2. The number of hydrogen-bond donors (Lipinski definition) is 2. The van der Waals surface area contributed by atoms with Gasteiger partial charge in [-0.3, -0.25) is 4.79 Å². The standard InChI is InChI=1S/C18H20F2N2O3/c1-11(14-6-4-12(19)8-15(14)20)21-10-18(23)22-13-5-7-16(24-2)17(9-13)25-3/h4-9,11,21H,10H2,1-3H3,(H,22,23)/p+1/t11-/m1/s1. The zero-order chi connectivity index (χ0) is 18.4. The monoisotopic (exact) mass is 351 g/mol. The Labute approximate surface area is 144 Å². The van der Waals surface area contributed by atoms with Crippen LogP contribution in [0.15, 0.2) is 36.4 Å². The quantitative estimate of drug-likeness (QED) is 0.804. The third kappa shape index (κ3) is 4.90. The molecule has 2 aromatic carbocycles. The molecule has 0 fully saturated rings. The number of methoxy groups -OCH3 is 2. The third-order valence-electron chi connectivity index (χ3n) is 3.78. The number of carbonyl (C=O) groups is 1. The van der Waals surface area contributed by atoms with Crippen molar-refractivity contribution in [3.8, 4) is 11.5 Å². The van der Waals surface area contributed by atoms with E-state index in [1.807, 2.05) is 0 Å². The highest BCUT2D eigenvalue weighted by Gasteiger charge is 2.16. The van der Waals surface area contributed by atoms with Gasteiger partial charge in [-0.1, -0.05) is 0 Å². The van der Waals surface area contributed by atoms with Gasteiger partial charge in [-0.15, -0.1) is 0 Å². The number of amides is 1. The lowest BCUT2D eigenvalue weighted by Crippen LogP contribution is -2.86. The first-order valence-corrected chi connectivity index (χ1v) is 7.74. The lowest BCUT2D eigenvalue weighted by atomic mass is 10.1. The van der Waals surface area contributed by atoms with E-state index in [-0.39, 0.29) is 18.5 Å². The van der Waals surface area contributed by atoms with Crippen molar-refractivity contribution in [1.29, 1.82) is 0 Å². The van der Waals surface area contributed by atoms with E-state index in [9.17, 15) is 13.6 Å². The van der Waals surface area contributed by atoms with Crippen molar-refractivity contribution in [2.75, 3.05) is 26.1 Å². The average Bonchev–Trinajstić information content (AvgIpc) is 2.59. The van der Waals surface area contributed by atoms with Gasteiger partial charge in [-0.2, -0.15) is 0 Å². The summed E-state index contributed by atoms with van der Waals surface area (Å²) in [4.78, 5) is 12.1. The van der Waals surface area contributed by atoms with Gasteiger partial charge in [0.15, 0.2) is 18.0 Å². The topological polar surface area (TPSA) is 64.2 Å². The summed E-state index contributed by atoms with van der Waals surface area (Å²) in [6.45, 7) is 1.84. The van der Waals surface area contributed by atoms with Crippen molar-refractivity contribution in [2.24, 2.45) is 0 Å². The molecule has 25 heavy (non-hydrogen) atoms. The smallest absolute Gasteiger partial charge is 0.279 e. The summed E-state index contributed by atoms with van der Waals surface area (Å²) in [5.74, 6) is -0.427. The number of hydrogen-bond acceptors (Lipinski definition) is 3. The Kier molecular flexibility index (Phi) is 6.30. The summed E-state index contributed by atoms with van der Waals surface area (Å²) >= 11 is 0. The zero-order valence-corrected chi connectivity index (χ0v) is 14.3. The maximum absolute atomic E-state index is 13.7. The number of carbonyl (C=O) groups excluding carboxylic acids is 1. The molecule has 0 bridgehead atoms. The van der Waals surface area contributed by atoms with Crippen molar-refractivity contribution < 1.29 is 28.4 Å². The lowest BCUT2D eigenvalue weighted by molar-refractivity contribution is -0.682.